The van der Waals surface area contributed by atoms with Crippen LogP contribution in [-0.2, 0) is 0 Å². The molecule has 3 nitrogen and oxygen atoms in total. The number of hydrogen-bond acceptors (Lipinski definition) is 3. The van der Waals surface area contributed by atoms with E-state index >= 15 is 0 Å². The Hall–Kier alpha value is -2.21. The van der Waals surface area contributed by atoms with Crippen molar-refractivity contribution in [3.05, 3.63) is 64.2 Å². The van der Waals surface area contributed by atoms with Crippen molar-refractivity contribution < 1.29 is 18.0 Å². The van der Waals surface area contributed by atoms with E-state index in [0.29, 0.717) is 11.3 Å². The summed E-state index contributed by atoms with van der Waals surface area (Å²) >= 11 is 5.55. The van der Waals surface area contributed by atoms with Crippen LogP contribution < -0.4 is 0 Å². The second kappa shape index (κ2) is 6.50. The predicted molar refractivity (Wildman–Crippen MR) is 82.8 cm³/mol. The van der Waals surface area contributed by atoms with Crippen molar-refractivity contribution >= 4 is 23.1 Å². The van der Waals surface area contributed by atoms with Crippen LogP contribution in [0.2, 0.25) is 5.15 Å². The number of pyridine rings is 1. The van der Waals surface area contributed by atoms with Gasteiger partial charge in [-0.3, -0.25) is 9.79 Å². The van der Waals surface area contributed by atoms with Crippen molar-refractivity contribution in [3.63, 3.8) is 0 Å². The molecule has 120 valence electrons. The molecule has 1 aromatic heterocycles. The van der Waals surface area contributed by atoms with Crippen molar-refractivity contribution in [2.24, 2.45) is 4.99 Å². The Labute approximate surface area is 135 Å². The highest BCUT2D eigenvalue weighted by molar-refractivity contribution is 6.29. The first-order valence-corrected chi connectivity index (χ1v) is 6.97. The predicted octanol–water partition coefficient (Wildman–Crippen LogP) is 4.21. The van der Waals surface area contributed by atoms with Gasteiger partial charge in [-0.25, -0.2) is 9.37 Å². The third-order valence-electron chi connectivity index (χ3n) is 3.25. The summed E-state index contributed by atoms with van der Waals surface area (Å²) in [6, 6.07) is 1.90. The van der Waals surface area contributed by atoms with Gasteiger partial charge < -0.3 is 0 Å². The number of carbonyl (C=O) groups excluding carboxylic acids is 1. The molecule has 0 aromatic carbocycles. The highest BCUT2D eigenvalue weighted by Gasteiger charge is 2.45. The van der Waals surface area contributed by atoms with E-state index in [4.69, 9.17) is 11.6 Å². The fraction of sp³-hybridized carbons (Fsp3) is 0.188. The Morgan fingerprint density at radius 3 is 2.65 bits per heavy atom. The van der Waals surface area contributed by atoms with E-state index in [2.05, 4.69) is 9.98 Å². The molecule has 23 heavy (non-hydrogen) atoms. The standard InChI is InChI=1S/C16H12ClF3N2O/c1-3-9-8-10(4-6-12(9)21-2)16(19,20)15(23)14-11(18)5-7-13(17)22-14/h3-8H,1-2H3/b9-3-,21-12-. The third-order valence-corrected chi connectivity index (χ3v) is 3.46. The molecule has 0 bridgehead atoms. The third kappa shape index (κ3) is 3.27. The van der Waals surface area contributed by atoms with E-state index in [9.17, 15) is 18.0 Å². The van der Waals surface area contributed by atoms with Gasteiger partial charge in [-0.1, -0.05) is 23.8 Å². The first kappa shape index (κ1) is 17.1. The van der Waals surface area contributed by atoms with Crippen LogP contribution in [0, 0.1) is 5.82 Å². The van der Waals surface area contributed by atoms with E-state index < -0.39 is 28.8 Å². The van der Waals surface area contributed by atoms with Gasteiger partial charge in [0, 0.05) is 12.6 Å². The minimum atomic E-state index is -3.94. The first-order valence-electron chi connectivity index (χ1n) is 6.59. The lowest BCUT2D eigenvalue weighted by molar-refractivity contribution is 0.0328. The maximum Gasteiger partial charge on any atom is 0.336 e. The fourth-order valence-electron chi connectivity index (χ4n) is 2.04. The van der Waals surface area contributed by atoms with Gasteiger partial charge >= 0.3 is 5.92 Å². The summed E-state index contributed by atoms with van der Waals surface area (Å²) in [5, 5.41) is -0.242. The lowest BCUT2D eigenvalue weighted by atomic mass is 9.93. The van der Waals surface area contributed by atoms with Crippen molar-refractivity contribution in [3.8, 4) is 0 Å². The Morgan fingerprint density at radius 2 is 2.04 bits per heavy atom. The maximum absolute atomic E-state index is 14.5. The van der Waals surface area contributed by atoms with E-state index in [1.807, 2.05) is 0 Å². The lowest BCUT2D eigenvalue weighted by Crippen LogP contribution is -2.33. The Bertz CT molecular complexity index is 780. The molecule has 0 saturated heterocycles. The van der Waals surface area contributed by atoms with Gasteiger partial charge in [0.05, 0.1) is 5.71 Å². The van der Waals surface area contributed by atoms with E-state index in [-0.39, 0.29) is 5.15 Å². The molecular weight excluding hydrogens is 329 g/mol. The van der Waals surface area contributed by atoms with Gasteiger partial charge in [0.15, 0.2) is 11.5 Å². The topological polar surface area (TPSA) is 42.3 Å². The second-order valence-corrected chi connectivity index (χ2v) is 5.04. The van der Waals surface area contributed by atoms with Gasteiger partial charge in [0.25, 0.3) is 5.78 Å². The highest BCUT2D eigenvalue weighted by Crippen LogP contribution is 2.33. The van der Waals surface area contributed by atoms with Crippen molar-refractivity contribution in [2.45, 2.75) is 12.8 Å². The van der Waals surface area contributed by atoms with Crippen LogP contribution in [0.5, 0.6) is 0 Å². The van der Waals surface area contributed by atoms with E-state index in [0.717, 1.165) is 24.3 Å². The number of allylic oxidation sites excluding steroid dienone is 6. The van der Waals surface area contributed by atoms with Crippen LogP contribution in [0.4, 0.5) is 13.2 Å². The molecule has 1 aromatic rings. The summed E-state index contributed by atoms with van der Waals surface area (Å²) < 4.78 is 42.5. The van der Waals surface area contributed by atoms with Crippen molar-refractivity contribution in [1.29, 1.82) is 0 Å². The molecular formula is C16H12ClF3N2O. The number of alkyl halides is 2. The minimum Gasteiger partial charge on any atom is -0.288 e. The van der Waals surface area contributed by atoms with Crippen LogP contribution in [0.3, 0.4) is 0 Å². The zero-order chi connectivity index (χ0) is 17.2. The van der Waals surface area contributed by atoms with Crippen LogP contribution in [-0.4, -0.2) is 29.4 Å². The summed E-state index contributed by atoms with van der Waals surface area (Å²) in [5.74, 6) is -6.84. The molecule has 1 aliphatic rings. The summed E-state index contributed by atoms with van der Waals surface area (Å²) in [4.78, 5) is 19.4. The molecule has 0 aliphatic heterocycles. The number of nitrogens with zero attached hydrogens (tertiary/aromatic N) is 2. The molecule has 0 N–H and O–H groups in total. The highest BCUT2D eigenvalue weighted by atomic mass is 35.5. The largest absolute Gasteiger partial charge is 0.336 e. The van der Waals surface area contributed by atoms with Crippen molar-refractivity contribution in [1.82, 2.24) is 4.98 Å². The maximum atomic E-state index is 14.5. The SMILES string of the molecule is C/C=C1/C=C(C(F)(F)C(=O)c2nc(Cl)ccc2F)C=C/C1=N/C. The van der Waals surface area contributed by atoms with Crippen LogP contribution >= 0.6 is 11.6 Å². The number of rotatable bonds is 3. The van der Waals surface area contributed by atoms with Crippen LogP contribution in [0.25, 0.3) is 0 Å². The molecule has 0 unspecified atom stereocenters. The number of aliphatic imine (C=N–C) groups is 1. The number of aromatic nitrogens is 1. The molecule has 2 rings (SSSR count). The summed E-state index contributed by atoms with van der Waals surface area (Å²) in [6.07, 6.45) is 5.18. The summed E-state index contributed by atoms with van der Waals surface area (Å²) in [6.45, 7) is 1.66. The average Bonchev–Trinajstić information content (AvgIpc) is 2.55. The Balaban J connectivity index is 2.46. The monoisotopic (exact) mass is 340 g/mol. The van der Waals surface area contributed by atoms with Crippen LogP contribution in [0.1, 0.15) is 17.4 Å². The molecule has 0 saturated carbocycles. The van der Waals surface area contributed by atoms with Gasteiger partial charge in [-0.2, -0.15) is 8.78 Å². The quantitative estimate of drug-likeness (QED) is 0.611. The zero-order valence-electron chi connectivity index (χ0n) is 12.3. The smallest absolute Gasteiger partial charge is 0.288 e. The van der Waals surface area contributed by atoms with Gasteiger partial charge in [0.2, 0.25) is 0 Å². The average molecular weight is 341 g/mol. The second-order valence-electron chi connectivity index (χ2n) is 4.65. The summed E-state index contributed by atoms with van der Waals surface area (Å²) in [5.41, 5.74) is -0.610. The van der Waals surface area contributed by atoms with Gasteiger partial charge in [0.1, 0.15) is 5.15 Å². The molecule has 0 spiro atoms. The van der Waals surface area contributed by atoms with Gasteiger partial charge in [-0.05, 0) is 36.8 Å². The Morgan fingerprint density at radius 1 is 1.35 bits per heavy atom. The molecule has 7 heteroatoms. The van der Waals surface area contributed by atoms with Crippen molar-refractivity contribution in [2.75, 3.05) is 7.05 Å². The zero-order valence-corrected chi connectivity index (χ0v) is 13.0. The minimum absolute atomic E-state index is 0.242. The normalized spacial score (nSPS) is 18.4. The number of Topliss-reactive ketones (excluding diaryl/α,β-unsaturated/α-hetero) is 1. The van der Waals surface area contributed by atoms with Gasteiger partial charge in [-0.15, -0.1) is 0 Å². The molecule has 0 radical (unpaired) electrons. The number of hydrogen-bond donors (Lipinski definition) is 0. The fourth-order valence-corrected chi connectivity index (χ4v) is 2.19. The number of halogens is 4. The number of carbonyl (C=O) groups is 1. The number of ketones is 1. The Kier molecular flexibility index (Phi) is 4.85. The molecule has 1 aliphatic carbocycles. The molecule has 1 heterocycles. The van der Waals surface area contributed by atoms with Crippen LogP contribution in [0.15, 0.2) is 52.6 Å². The molecule has 0 amide bonds. The molecule has 0 atom stereocenters. The van der Waals surface area contributed by atoms with E-state index in [1.54, 1.807) is 13.0 Å². The summed E-state index contributed by atoms with van der Waals surface area (Å²) in [7, 11) is 1.52. The van der Waals surface area contributed by atoms with E-state index in [1.165, 1.54) is 13.1 Å². The lowest BCUT2D eigenvalue weighted by Gasteiger charge is -2.19. The first-order chi connectivity index (χ1) is 10.8. The molecule has 0 fully saturated rings.